The predicted octanol–water partition coefficient (Wildman–Crippen LogP) is 3.05. The zero-order valence-corrected chi connectivity index (χ0v) is 16.0. The molecule has 2 amide bonds. The van der Waals surface area contributed by atoms with E-state index in [0.717, 1.165) is 11.3 Å². The minimum absolute atomic E-state index is 0.0177. The van der Waals surface area contributed by atoms with Crippen LogP contribution in [0, 0.1) is 5.82 Å². The van der Waals surface area contributed by atoms with Gasteiger partial charge in [0.25, 0.3) is 5.91 Å². The molecule has 8 heteroatoms. The van der Waals surface area contributed by atoms with E-state index in [1.807, 2.05) is 6.07 Å². The largest absolute Gasteiger partial charge is 0.492 e. The molecule has 1 aliphatic rings. The fourth-order valence-corrected chi connectivity index (χ4v) is 2.93. The number of fused-ring (bicyclic) bond motifs is 1. The van der Waals surface area contributed by atoms with Crippen LogP contribution in [-0.2, 0) is 16.0 Å². The number of carbonyl (C=O) groups is 2. The van der Waals surface area contributed by atoms with E-state index >= 15 is 0 Å². The first kappa shape index (κ1) is 19.2. The van der Waals surface area contributed by atoms with Crippen LogP contribution in [0.2, 0.25) is 0 Å². The molecular formula is C19H18BrFN2O4. The molecule has 0 radical (unpaired) electrons. The van der Waals surface area contributed by atoms with Gasteiger partial charge < -0.3 is 20.1 Å². The average molecular weight is 437 g/mol. The molecular weight excluding hydrogens is 419 g/mol. The summed E-state index contributed by atoms with van der Waals surface area (Å²) in [6.07, 6.45) is 1.14. The predicted molar refractivity (Wildman–Crippen MR) is 101 cm³/mol. The molecule has 1 aliphatic heterocycles. The molecule has 0 bridgehead atoms. The molecule has 2 N–H and O–H groups in total. The van der Waals surface area contributed by atoms with Gasteiger partial charge in [-0.3, -0.25) is 9.59 Å². The first-order valence-corrected chi connectivity index (χ1v) is 9.21. The number of aryl methyl sites for hydroxylation is 1. The Hall–Kier alpha value is -2.61. The molecule has 0 atom stereocenters. The van der Waals surface area contributed by atoms with E-state index in [9.17, 15) is 14.0 Å². The van der Waals surface area contributed by atoms with Crippen molar-refractivity contribution in [2.75, 3.05) is 25.1 Å². The van der Waals surface area contributed by atoms with Crippen molar-refractivity contribution in [3.05, 3.63) is 52.3 Å². The van der Waals surface area contributed by atoms with Gasteiger partial charge in [0.2, 0.25) is 5.91 Å². The molecule has 1 heterocycles. The third-order valence-electron chi connectivity index (χ3n) is 3.92. The van der Waals surface area contributed by atoms with Crippen molar-refractivity contribution < 1.29 is 23.5 Å². The van der Waals surface area contributed by atoms with Crippen LogP contribution < -0.4 is 20.1 Å². The van der Waals surface area contributed by atoms with Crippen LogP contribution in [0.15, 0.2) is 40.9 Å². The second kappa shape index (κ2) is 8.85. The third kappa shape index (κ3) is 5.43. The maximum atomic E-state index is 13.6. The molecule has 0 saturated carbocycles. The van der Waals surface area contributed by atoms with Gasteiger partial charge >= 0.3 is 0 Å². The molecule has 0 aliphatic carbocycles. The zero-order chi connectivity index (χ0) is 19.2. The first-order valence-electron chi connectivity index (χ1n) is 8.41. The molecule has 0 aromatic heterocycles. The van der Waals surface area contributed by atoms with Crippen LogP contribution in [0.1, 0.15) is 12.0 Å². The molecule has 0 fully saturated rings. The lowest BCUT2D eigenvalue weighted by Crippen LogP contribution is -2.32. The fourth-order valence-electron chi connectivity index (χ4n) is 2.60. The van der Waals surface area contributed by atoms with E-state index in [-0.39, 0.29) is 30.8 Å². The van der Waals surface area contributed by atoms with Gasteiger partial charge in [-0.25, -0.2) is 4.39 Å². The maximum absolute atomic E-state index is 13.6. The van der Waals surface area contributed by atoms with Crippen molar-refractivity contribution in [2.24, 2.45) is 0 Å². The van der Waals surface area contributed by atoms with Gasteiger partial charge in [-0.1, -0.05) is 15.9 Å². The lowest BCUT2D eigenvalue weighted by Gasteiger charge is -2.17. The van der Waals surface area contributed by atoms with Crippen molar-refractivity contribution in [2.45, 2.75) is 12.8 Å². The standard InChI is InChI=1S/C19H18BrFN2O4/c20-13-2-5-17(15(21)10-13)27-11-19(25)22-7-8-26-14-3-4-16-12(9-14)1-6-18(24)23-16/h2-5,9-10H,1,6-8,11H2,(H,22,25)(H,23,24). The highest BCUT2D eigenvalue weighted by Crippen LogP contribution is 2.26. The van der Waals surface area contributed by atoms with Gasteiger partial charge in [-0.2, -0.15) is 0 Å². The highest BCUT2D eigenvalue weighted by molar-refractivity contribution is 9.10. The third-order valence-corrected chi connectivity index (χ3v) is 4.41. The number of carbonyl (C=O) groups excluding carboxylic acids is 2. The Morgan fingerprint density at radius 2 is 2.04 bits per heavy atom. The van der Waals surface area contributed by atoms with E-state index in [2.05, 4.69) is 26.6 Å². The van der Waals surface area contributed by atoms with E-state index in [4.69, 9.17) is 9.47 Å². The fraction of sp³-hybridized carbons (Fsp3) is 0.263. The summed E-state index contributed by atoms with van der Waals surface area (Å²) in [5.74, 6) is -0.194. The second-order valence-electron chi connectivity index (χ2n) is 5.93. The second-order valence-corrected chi connectivity index (χ2v) is 6.84. The van der Waals surface area contributed by atoms with Gasteiger partial charge in [0.05, 0.1) is 6.54 Å². The number of nitrogens with one attached hydrogen (secondary N) is 2. The summed E-state index contributed by atoms with van der Waals surface area (Å²) in [4.78, 5) is 23.1. The van der Waals surface area contributed by atoms with E-state index in [0.29, 0.717) is 29.6 Å². The van der Waals surface area contributed by atoms with Crippen LogP contribution in [0.3, 0.4) is 0 Å². The topological polar surface area (TPSA) is 76.7 Å². The van der Waals surface area contributed by atoms with E-state index in [1.165, 1.54) is 12.1 Å². The molecule has 0 saturated heterocycles. The van der Waals surface area contributed by atoms with E-state index < -0.39 is 5.82 Å². The number of hydrogen-bond donors (Lipinski definition) is 2. The van der Waals surface area contributed by atoms with Crippen LogP contribution in [-0.4, -0.2) is 31.6 Å². The number of anilines is 1. The molecule has 0 unspecified atom stereocenters. The molecule has 6 nitrogen and oxygen atoms in total. The van der Waals surface area contributed by atoms with Gasteiger partial charge in [0.1, 0.15) is 12.4 Å². The summed E-state index contributed by atoms with van der Waals surface area (Å²) < 4.78 is 25.0. The quantitative estimate of drug-likeness (QED) is 0.653. The monoisotopic (exact) mass is 436 g/mol. The average Bonchev–Trinajstić information content (AvgIpc) is 2.64. The lowest BCUT2D eigenvalue weighted by atomic mass is 10.0. The molecule has 2 aromatic rings. The van der Waals surface area contributed by atoms with E-state index in [1.54, 1.807) is 18.2 Å². The number of hydrogen-bond acceptors (Lipinski definition) is 4. The Balaban J connectivity index is 1.38. The van der Waals surface area contributed by atoms with Crippen LogP contribution >= 0.6 is 15.9 Å². The summed E-state index contributed by atoms with van der Waals surface area (Å²) in [6.45, 7) is 0.291. The van der Waals surface area contributed by atoms with Crippen molar-refractivity contribution >= 4 is 33.4 Å². The molecule has 27 heavy (non-hydrogen) atoms. The first-order chi connectivity index (χ1) is 13.0. The van der Waals surface area contributed by atoms with Gasteiger partial charge in [0.15, 0.2) is 18.2 Å². The molecule has 0 spiro atoms. The smallest absolute Gasteiger partial charge is 0.258 e. The number of benzene rings is 2. The van der Waals surface area contributed by atoms with Crippen molar-refractivity contribution in [1.82, 2.24) is 5.32 Å². The highest BCUT2D eigenvalue weighted by atomic mass is 79.9. The van der Waals surface area contributed by atoms with Crippen molar-refractivity contribution in [3.8, 4) is 11.5 Å². The van der Waals surface area contributed by atoms with Crippen molar-refractivity contribution in [1.29, 1.82) is 0 Å². The molecule has 3 rings (SSSR count). The summed E-state index contributed by atoms with van der Waals surface area (Å²) in [5, 5.41) is 5.45. The Morgan fingerprint density at radius 1 is 1.19 bits per heavy atom. The number of rotatable bonds is 7. The zero-order valence-electron chi connectivity index (χ0n) is 14.4. The lowest BCUT2D eigenvalue weighted by molar-refractivity contribution is -0.123. The number of halogens is 2. The molecule has 142 valence electrons. The Kier molecular flexibility index (Phi) is 6.28. The van der Waals surface area contributed by atoms with Crippen LogP contribution in [0.4, 0.5) is 10.1 Å². The number of amides is 2. The Morgan fingerprint density at radius 3 is 2.85 bits per heavy atom. The number of ether oxygens (including phenoxy) is 2. The molecule has 2 aromatic carbocycles. The maximum Gasteiger partial charge on any atom is 0.258 e. The summed E-state index contributed by atoms with van der Waals surface area (Å²) in [7, 11) is 0. The van der Waals surface area contributed by atoms with Crippen LogP contribution in [0.5, 0.6) is 11.5 Å². The minimum atomic E-state index is -0.538. The minimum Gasteiger partial charge on any atom is -0.492 e. The van der Waals surface area contributed by atoms with Gasteiger partial charge in [-0.15, -0.1) is 0 Å². The SMILES string of the molecule is O=C(COc1ccc(Br)cc1F)NCCOc1ccc2c(c1)CCC(=O)N2. The summed E-state index contributed by atoms with van der Waals surface area (Å²) in [6, 6.07) is 9.82. The summed E-state index contributed by atoms with van der Waals surface area (Å²) >= 11 is 3.15. The van der Waals surface area contributed by atoms with Crippen molar-refractivity contribution in [3.63, 3.8) is 0 Å². The van der Waals surface area contributed by atoms with Gasteiger partial charge in [-0.05, 0) is 48.4 Å². The summed E-state index contributed by atoms with van der Waals surface area (Å²) in [5.41, 5.74) is 1.84. The Bertz CT molecular complexity index is 860. The Labute approximate surface area is 164 Å². The normalized spacial score (nSPS) is 12.7. The van der Waals surface area contributed by atoms with Gasteiger partial charge in [0, 0.05) is 16.6 Å². The van der Waals surface area contributed by atoms with Crippen LogP contribution in [0.25, 0.3) is 0 Å². The highest BCUT2D eigenvalue weighted by Gasteiger charge is 2.15.